The minimum atomic E-state index is -0.418. The van der Waals surface area contributed by atoms with Crippen molar-refractivity contribution in [2.24, 2.45) is 10.2 Å². The lowest BCUT2D eigenvalue weighted by Gasteiger charge is -2.09. The van der Waals surface area contributed by atoms with E-state index < -0.39 is 11.5 Å². The molecule has 1 amide bonds. The number of H-pyrrole nitrogens is 2. The van der Waals surface area contributed by atoms with E-state index in [1.807, 2.05) is 0 Å². The zero-order valence-corrected chi connectivity index (χ0v) is 16.4. The predicted molar refractivity (Wildman–Crippen MR) is 108 cm³/mol. The molecule has 0 aliphatic carbocycles. The molecule has 3 aromatic rings. The molecule has 0 aliphatic heterocycles. The average Bonchev–Trinajstić information content (AvgIpc) is 3.00. The molecule has 3 rings (SSSR count). The van der Waals surface area contributed by atoms with Crippen LogP contribution in [-0.4, -0.2) is 23.2 Å². The highest BCUT2D eigenvalue weighted by Gasteiger charge is 2.13. The second-order valence-corrected chi connectivity index (χ2v) is 6.56. The van der Waals surface area contributed by atoms with E-state index in [1.165, 1.54) is 13.2 Å². The van der Waals surface area contributed by atoms with E-state index in [-0.39, 0.29) is 11.4 Å². The molecular formula is C18H15Cl2N5O3. The van der Waals surface area contributed by atoms with E-state index >= 15 is 0 Å². The fraction of sp³-hybridized carbons (Fsp3) is 0.111. The normalized spacial score (nSPS) is 11.0. The first-order chi connectivity index (χ1) is 13.4. The number of nitrogens with one attached hydrogen (secondary N) is 3. The number of aryl methyl sites for hydroxylation is 1. The van der Waals surface area contributed by atoms with E-state index in [2.05, 4.69) is 25.7 Å². The van der Waals surface area contributed by atoms with E-state index in [0.717, 1.165) is 0 Å². The molecule has 0 fully saturated rings. The van der Waals surface area contributed by atoms with E-state index in [4.69, 9.17) is 27.9 Å². The third-order valence-corrected chi connectivity index (χ3v) is 4.37. The van der Waals surface area contributed by atoms with Gasteiger partial charge in [0.05, 0.1) is 23.5 Å². The summed E-state index contributed by atoms with van der Waals surface area (Å²) in [4.78, 5) is 24.3. The number of azo groups is 1. The largest absolute Gasteiger partial charge is 0.494 e. The van der Waals surface area contributed by atoms with Crippen LogP contribution in [0.3, 0.4) is 0 Å². The molecule has 3 N–H and O–H groups in total. The summed E-state index contributed by atoms with van der Waals surface area (Å²) in [5, 5.41) is 16.6. The molecule has 10 heteroatoms. The zero-order chi connectivity index (χ0) is 20.3. The summed E-state index contributed by atoms with van der Waals surface area (Å²) in [5.74, 6) is -0.0235. The number of benzene rings is 2. The van der Waals surface area contributed by atoms with Crippen LogP contribution in [0.2, 0.25) is 10.0 Å². The lowest BCUT2D eigenvalue weighted by atomic mass is 10.1. The van der Waals surface area contributed by atoms with Crippen molar-refractivity contribution >= 4 is 46.2 Å². The number of anilines is 1. The topological polar surface area (TPSA) is 112 Å². The summed E-state index contributed by atoms with van der Waals surface area (Å²) in [7, 11) is 1.47. The SMILES string of the molecule is COc1ccc(C(=O)Nc2cc(Cl)ccc2Cl)cc1N=Nc1c(C)[nH][nH]c1=O. The second kappa shape index (κ2) is 8.28. The minimum Gasteiger partial charge on any atom is -0.494 e. The van der Waals surface area contributed by atoms with Gasteiger partial charge in [-0.15, -0.1) is 10.2 Å². The summed E-state index contributed by atoms with van der Waals surface area (Å²) >= 11 is 12.0. The van der Waals surface area contributed by atoms with Gasteiger partial charge in [0.25, 0.3) is 11.5 Å². The molecule has 0 spiro atoms. The number of hydrogen-bond acceptors (Lipinski definition) is 5. The molecule has 0 aliphatic rings. The Hall–Kier alpha value is -3.10. The lowest BCUT2D eigenvalue weighted by molar-refractivity contribution is 0.102. The number of aromatic nitrogens is 2. The number of methoxy groups -OCH3 is 1. The fourth-order valence-corrected chi connectivity index (χ4v) is 2.70. The summed E-state index contributed by atoms with van der Waals surface area (Å²) in [6.07, 6.45) is 0. The van der Waals surface area contributed by atoms with Crippen molar-refractivity contribution in [1.82, 2.24) is 10.2 Å². The Morgan fingerprint density at radius 2 is 1.89 bits per heavy atom. The van der Waals surface area contributed by atoms with Crippen LogP contribution in [0.4, 0.5) is 17.1 Å². The molecule has 0 saturated carbocycles. The van der Waals surface area contributed by atoms with Crippen LogP contribution >= 0.6 is 23.2 Å². The molecule has 0 saturated heterocycles. The minimum absolute atomic E-state index is 0.141. The molecule has 0 radical (unpaired) electrons. The van der Waals surface area contributed by atoms with Gasteiger partial charge in [-0.2, -0.15) is 0 Å². The molecule has 1 aromatic heterocycles. The van der Waals surface area contributed by atoms with Gasteiger partial charge < -0.3 is 15.2 Å². The van der Waals surface area contributed by atoms with Gasteiger partial charge in [0.1, 0.15) is 11.4 Å². The Morgan fingerprint density at radius 3 is 2.57 bits per heavy atom. The van der Waals surface area contributed by atoms with Crippen LogP contribution in [0.15, 0.2) is 51.4 Å². The molecule has 144 valence electrons. The number of aromatic amines is 2. The monoisotopic (exact) mass is 419 g/mol. The molecule has 1 heterocycles. The van der Waals surface area contributed by atoms with Crippen LogP contribution < -0.4 is 15.6 Å². The second-order valence-electron chi connectivity index (χ2n) is 5.72. The highest BCUT2D eigenvalue weighted by molar-refractivity contribution is 6.35. The average molecular weight is 420 g/mol. The van der Waals surface area contributed by atoms with Crippen molar-refractivity contribution in [2.75, 3.05) is 12.4 Å². The van der Waals surface area contributed by atoms with Crippen LogP contribution in [0.5, 0.6) is 5.75 Å². The molecule has 2 aromatic carbocycles. The highest BCUT2D eigenvalue weighted by Crippen LogP contribution is 2.31. The molecule has 8 nitrogen and oxygen atoms in total. The highest BCUT2D eigenvalue weighted by atomic mass is 35.5. The third kappa shape index (κ3) is 4.24. The van der Waals surface area contributed by atoms with Crippen LogP contribution in [0.25, 0.3) is 0 Å². The van der Waals surface area contributed by atoms with Crippen molar-refractivity contribution < 1.29 is 9.53 Å². The number of ether oxygens (including phenoxy) is 1. The quantitative estimate of drug-likeness (QED) is 0.505. The van der Waals surface area contributed by atoms with Gasteiger partial charge >= 0.3 is 0 Å². The van der Waals surface area contributed by atoms with Crippen LogP contribution in [-0.2, 0) is 0 Å². The van der Waals surface area contributed by atoms with Crippen molar-refractivity contribution in [1.29, 1.82) is 0 Å². The molecular weight excluding hydrogens is 405 g/mol. The summed E-state index contributed by atoms with van der Waals surface area (Å²) in [6, 6.07) is 9.40. The molecule has 0 atom stereocenters. The Morgan fingerprint density at radius 1 is 1.11 bits per heavy atom. The van der Waals surface area contributed by atoms with E-state index in [1.54, 1.807) is 37.3 Å². The Labute approximate surface area is 169 Å². The van der Waals surface area contributed by atoms with Gasteiger partial charge in [0.2, 0.25) is 0 Å². The van der Waals surface area contributed by atoms with Crippen molar-refractivity contribution in [3.63, 3.8) is 0 Å². The summed E-state index contributed by atoms with van der Waals surface area (Å²) in [5.41, 5.74) is 1.25. The Balaban J connectivity index is 1.91. The number of amides is 1. The van der Waals surface area contributed by atoms with Gasteiger partial charge in [-0.3, -0.25) is 14.7 Å². The molecule has 28 heavy (non-hydrogen) atoms. The number of hydrogen-bond donors (Lipinski definition) is 3. The van der Waals surface area contributed by atoms with Crippen LogP contribution in [0.1, 0.15) is 16.1 Å². The number of carbonyl (C=O) groups is 1. The first-order valence-corrected chi connectivity index (χ1v) is 8.78. The summed E-state index contributed by atoms with van der Waals surface area (Å²) in [6.45, 7) is 1.68. The molecule has 0 unspecified atom stereocenters. The van der Waals surface area contributed by atoms with Crippen molar-refractivity contribution in [3.05, 3.63) is 68.1 Å². The van der Waals surface area contributed by atoms with Crippen molar-refractivity contribution in [3.8, 4) is 5.75 Å². The lowest BCUT2D eigenvalue weighted by Crippen LogP contribution is -2.12. The maximum atomic E-state index is 12.6. The Bertz CT molecular complexity index is 1120. The fourth-order valence-electron chi connectivity index (χ4n) is 2.36. The summed E-state index contributed by atoms with van der Waals surface area (Å²) < 4.78 is 5.25. The van der Waals surface area contributed by atoms with E-state index in [0.29, 0.717) is 32.7 Å². The number of nitrogens with zero attached hydrogens (tertiary/aromatic N) is 2. The standard InChI is InChI=1S/C18H15Cl2N5O3/c1-9-16(18(27)25-22-9)24-23-14-7-10(3-6-15(14)28-2)17(26)21-13-8-11(19)4-5-12(13)20/h3-8H,1-2H3,(H,21,26)(H2,22,25,27). The first-order valence-electron chi connectivity index (χ1n) is 8.02. The van der Waals surface area contributed by atoms with Gasteiger partial charge in [0.15, 0.2) is 5.69 Å². The number of halogens is 2. The maximum Gasteiger partial charge on any atom is 0.291 e. The van der Waals surface area contributed by atoms with Crippen molar-refractivity contribution in [2.45, 2.75) is 6.92 Å². The van der Waals surface area contributed by atoms with Gasteiger partial charge in [-0.05, 0) is 43.3 Å². The molecule has 0 bridgehead atoms. The predicted octanol–water partition coefficient (Wildman–Crippen LogP) is 4.99. The zero-order valence-electron chi connectivity index (χ0n) is 14.8. The maximum absolute atomic E-state index is 12.6. The smallest absolute Gasteiger partial charge is 0.291 e. The third-order valence-electron chi connectivity index (χ3n) is 3.81. The number of carbonyl (C=O) groups excluding carboxylic acids is 1. The first kappa shape index (κ1) is 19.7. The van der Waals surface area contributed by atoms with Gasteiger partial charge in [0, 0.05) is 10.6 Å². The van der Waals surface area contributed by atoms with Crippen LogP contribution in [0, 0.1) is 6.92 Å². The van der Waals surface area contributed by atoms with Gasteiger partial charge in [-0.25, -0.2) is 0 Å². The Kier molecular flexibility index (Phi) is 5.81. The van der Waals surface area contributed by atoms with Gasteiger partial charge in [-0.1, -0.05) is 23.2 Å². The van der Waals surface area contributed by atoms with E-state index in [9.17, 15) is 9.59 Å². The number of rotatable bonds is 5.